The standard InChI is InChI=1S/C27H22FNO/c1-29(2)21-14-12-20(13-15-21)27(24-9-5-6-10-25(24)28)18-17-23-22-8-4-3-7-19(22)11-16-26(23)30-27/h3-18H,1-2H3. The van der Waals surface area contributed by atoms with Crippen molar-refractivity contribution in [2.45, 2.75) is 5.60 Å². The summed E-state index contributed by atoms with van der Waals surface area (Å²) < 4.78 is 21.7. The van der Waals surface area contributed by atoms with E-state index in [2.05, 4.69) is 24.3 Å². The summed E-state index contributed by atoms with van der Waals surface area (Å²) in [6.07, 6.45) is 4.04. The highest BCUT2D eigenvalue weighted by atomic mass is 19.1. The Morgan fingerprint density at radius 2 is 1.53 bits per heavy atom. The average Bonchev–Trinajstić information content (AvgIpc) is 2.79. The van der Waals surface area contributed by atoms with Gasteiger partial charge >= 0.3 is 0 Å². The van der Waals surface area contributed by atoms with Crippen LogP contribution in [0.2, 0.25) is 0 Å². The first-order valence-electron chi connectivity index (χ1n) is 10.0. The van der Waals surface area contributed by atoms with Gasteiger partial charge in [0.25, 0.3) is 0 Å². The SMILES string of the molecule is CN(C)c1ccc(C2(c3ccccc3F)C=Cc3c(ccc4ccccc34)O2)cc1. The quantitative estimate of drug-likeness (QED) is 0.398. The Morgan fingerprint density at radius 1 is 0.800 bits per heavy atom. The Hall–Kier alpha value is -3.59. The molecule has 1 heterocycles. The molecule has 0 bridgehead atoms. The minimum Gasteiger partial charge on any atom is -0.473 e. The molecule has 3 heteroatoms. The molecular formula is C27H22FNO. The van der Waals surface area contributed by atoms with Gasteiger partial charge in [0.1, 0.15) is 11.6 Å². The first-order valence-corrected chi connectivity index (χ1v) is 10.0. The number of hydrogen-bond acceptors (Lipinski definition) is 2. The molecule has 4 aromatic carbocycles. The second kappa shape index (κ2) is 7.03. The molecule has 5 rings (SSSR count). The van der Waals surface area contributed by atoms with Gasteiger partial charge in [-0.2, -0.15) is 0 Å². The van der Waals surface area contributed by atoms with Crippen LogP contribution in [0.15, 0.2) is 91.0 Å². The zero-order valence-corrected chi connectivity index (χ0v) is 17.0. The van der Waals surface area contributed by atoms with Crippen molar-refractivity contribution >= 4 is 22.5 Å². The van der Waals surface area contributed by atoms with E-state index in [0.717, 1.165) is 33.3 Å². The molecular weight excluding hydrogens is 373 g/mol. The average molecular weight is 395 g/mol. The van der Waals surface area contributed by atoms with E-state index < -0.39 is 5.60 Å². The van der Waals surface area contributed by atoms with Gasteiger partial charge < -0.3 is 9.64 Å². The number of anilines is 1. The molecule has 0 amide bonds. The predicted molar refractivity (Wildman–Crippen MR) is 122 cm³/mol. The molecule has 0 aromatic heterocycles. The van der Waals surface area contributed by atoms with E-state index in [1.165, 1.54) is 6.07 Å². The molecule has 0 aliphatic carbocycles. The third-order valence-corrected chi connectivity index (χ3v) is 5.77. The second-order valence-corrected chi connectivity index (χ2v) is 7.79. The van der Waals surface area contributed by atoms with E-state index in [0.29, 0.717) is 5.56 Å². The summed E-state index contributed by atoms with van der Waals surface area (Å²) in [5, 5.41) is 2.27. The van der Waals surface area contributed by atoms with Gasteiger partial charge in [-0.15, -0.1) is 0 Å². The first-order chi connectivity index (χ1) is 14.6. The Labute approximate surface area is 175 Å². The van der Waals surface area contributed by atoms with Gasteiger partial charge in [0.05, 0.1) is 0 Å². The minimum atomic E-state index is -1.04. The Kier molecular flexibility index (Phi) is 4.32. The number of fused-ring (bicyclic) bond motifs is 3. The first kappa shape index (κ1) is 18.4. The monoisotopic (exact) mass is 395 g/mol. The molecule has 1 unspecified atom stereocenters. The molecule has 1 atom stereocenters. The van der Waals surface area contributed by atoms with Crippen LogP contribution in [0.5, 0.6) is 5.75 Å². The van der Waals surface area contributed by atoms with Gasteiger partial charge in [-0.05, 0) is 47.2 Å². The van der Waals surface area contributed by atoms with E-state index in [-0.39, 0.29) is 5.82 Å². The third-order valence-electron chi connectivity index (χ3n) is 5.77. The maximum Gasteiger partial charge on any atom is 0.180 e. The summed E-state index contributed by atoms with van der Waals surface area (Å²) in [5.74, 6) is 0.458. The van der Waals surface area contributed by atoms with Crippen molar-refractivity contribution in [2.24, 2.45) is 0 Å². The van der Waals surface area contributed by atoms with Crippen molar-refractivity contribution in [1.29, 1.82) is 0 Å². The fourth-order valence-electron chi connectivity index (χ4n) is 4.17. The maximum absolute atomic E-state index is 15.0. The highest BCUT2D eigenvalue weighted by molar-refractivity contribution is 5.94. The zero-order valence-electron chi connectivity index (χ0n) is 17.0. The largest absolute Gasteiger partial charge is 0.473 e. The number of ether oxygens (including phenoxy) is 1. The van der Waals surface area contributed by atoms with Crippen LogP contribution in [0.4, 0.5) is 10.1 Å². The van der Waals surface area contributed by atoms with Crippen LogP contribution in [0.25, 0.3) is 16.8 Å². The molecule has 1 aliphatic rings. The second-order valence-electron chi connectivity index (χ2n) is 7.79. The third kappa shape index (κ3) is 2.86. The predicted octanol–water partition coefficient (Wildman–Crippen LogP) is 6.39. The topological polar surface area (TPSA) is 12.5 Å². The van der Waals surface area contributed by atoms with Crippen LogP contribution in [-0.2, 0) is 5.60 Å². The zero-order chi connectivity index (χ0) is 20.7. The van der Waals surface area contributed by atoms with Crippen LogP contribution in [0.1, 0.15) is 16.7 Å². The molecule has 0 saturated carbocycles. The smallest absolute Gasteiger partial charge is 0.180 e. The number of benzene rings is 4. The van der Waals surface area contributed by atoms with Crippen molar-refractivity contribution < 1.29 is 9.13 Å². The molecule has 4 aromatic rings. The van der Waals surface area contributed by atoms with Crippen molar-refractivity contribution in [2.75, 3.05) is 19.0 Å². The van der Waals surface area contributed by atoms with Crippen molar-refractivity contribution in [1.82, 2.24) is 0 Å². The molecule has 2 nitrogen and oxygen atoms in total. The van der Waals surface area contributed by atoms with Crippen molar-refractivity contribution in [3.05, 3.63) is 114 Å². The van der Waals surface area contributed by atoms with E-state index in [1.54, 1.807) is 12.1 Å². The van der Waals surface area contributed by atoms with Crippen LogP contribution in [-0.4, -0.2) is 14.1 Å². The van der Waals surface area contributed by atoms with Gasteiger partial charge in [-0.1, -0.05) is 60.7 Å². The van der Waals surface area contributed by atoms with Crippen LogP contribution < -0.4 is 9.64 Å². The summed E-state index contributed by atoms with van der Waals surface area (Å²) in [5.41, 5.74) is 2.44. The molecule has 0 saturated heterocycles. The Bertz CT molecular complexity index is 1260. The molecule has 0 spiro atoms. The highest BCUT2D eigenvalue weighted by Gasteiger charge is 2.39. The maximum atomic E-state index is 15.0. The summed E-state index contributed by atoms with van der Waals surface area (Å²) in [7, 11) is 4.00. The normalized spacial score (nSPS) is 17.4. The van der Waals surface area contributed by atoms with Crippen LogP contribution in [0.3, 0.4) is 0 Å². The van der Waals surface area contributed by atoms with E-state index in [1.807, 2.05) is 73.6 Å². The summed E-state index contributed by atoms with van der Waals surface area (Å²) in [4.78, 5) is 2.04. The molecule has 0 N–H and O–H groups in total. The fourth-order valence-corrected chi connectivity index (χ4v) is 4.17. The minimum absolute atomic E-state index is 0.289. The Balaban J connectivity index is 1.72. The van der Waals surface area contributed by atoms with Gasteiger partial charge in [-0.25, -0.2) is 4.39 Å². The van der Waals surface area contributed by atoms with Crippen molar-refractivity contribution in [3.63, 3.8) is 0 Å². The van der Waals surface area contributed by atoms with Gasteiger partial charge in [-0.3, -0.25) is 0 Å². The molecule has 148 valence electrons. The Morgan fingerprint density at radius 3 is 2.30 bits per heavy atom. The summed E-state index contributed by atoms with van der Waals surface area (Å²) in [6, 6.07) is 27.2. The highest BCUT2D eigenvalue weighted by Crippen LogP contribution is 2.45. The lowest BCUT2D eigenvalue weighted by Gasteiger charge is -2.36. The van der Waals surface area contributed by atoms with Gasteiger partial charge in [0, 0.05) is 36.5 Å². The molecule has 1 aliphatic heterocycles. The van der Waals surface area contributed by atoms with E-state index in [9.17, 15) is 0 Å². The van der Waals surface area contributed by atoms with E-state index >= 15 is 4.39 Å². The lowest BCUT2D eigenvalue weighted by Crippen LogP contribution is -2.35. The van der Waals surface area contributed by atoms with Gasteiger partial charge in [0.15, 0.2) is 5.60 Å². The number of hydrogen-bond donors (Lipinski definition) is 0. The van der Waals surface area contributed by atoms with Crippen molar-refractivity contribution in [3.8, 4) is 5.75 Å². The molecule has 0 radical (unpaired) electrons. The molecule has 30 heavy (non-hydrogen) atoms. The molecule has 0 fully saturated rings. The summed E-state index contributed by atoms with van der Waals surface area (Å²) >= 11 is 0. The number of nitrogens with zero attached hydrogens (tertiary/aromatic N) is 1. The summed E-state index contributed by atoms with van der Waals surface area (Å²) in [6.45, 7) is 0. The fraction of sp³-hybridized carbons (Fsp3) is 0.111. The van der Waals surface area contributed by atoms with Crippen LogP contribution in [0, 0.1) is 5.82 Å². The van der Waals surface area contributed by atoms with Crippen LogP contribution >= 0.6 is 0 Å². The van der Waals surface area contributed by atoms with E-state index in [4.69, 9.17) is 4.74 Å². The number of halogens is 1. The lowest BCUT2D eigenvalue weighted by molar-refractivity contribution is 0.156. The van der Waals surface area contributed by atoms with Gasteiger partial charge in [0.2, 0.25) is 0 Å². The lowest BCUT2D eigenvalue weighted by atomic mass is 9.82. The number of rotatable bonds is 3.